The Morgan fingerprint density at radius 1 is 1.40 bits per heavy atom. The zero-order chi connectivity index (χ0) is 14.8. The van der Waals surface area contributed by atoms with E-state index in [1.54, 1.807) is 0 Å². The molecule has 0 aromatic carbocycles. The molecule has 0 bridgehead atoms. The second-order valence-electron chi connectivity index (χ2n) is 5.84. The van der Waals surface area contributed by atoms with Gasteiger partial charge in [0.15, 0.2) is 0 Å². The fourth-order valence-electron chi connectivity index (χ4n) is 3.02. The third-order valence-corrected chi connectivity index (χ3v) is 5.32. The van der Waals surface area contributed by atoms with Crippen LogP contribution in [0.2, 0.25) is 0 Å². The molecule has 0 amide bonds. The van der Waals surface area contributed by atoms with Gasteiger partial charge in [-0.1, -0.05) is 0 Å². The Bertz CT molecular complexity index is 452. The second kappa shape index (κ2) is 6.50. The van der Waals surface area contributed by atoms with Gasteiger partial charge in [0, 0.05) is 30.4 Å². The first kappa shape index (κ1) is 15.9. The van der Waals surface area contributed by atoms with Crippen LogP contribution in [0.5, 0.6) is 0 Å². The van der Waals surface area contributed by atoms with Crippen LogP contribution in [0, 0.1) is 13.8 Å². The molecule has 2 N–H and O–H groups in total. The largest absolute Gasteiger partial charge is 0.389 e. The summed E-state index contributed by atoms with van der Waals surface area (Å²) in [6, 6.07) is 0.230. The van der Waals surface area contributed by atoms with E-state index in [4.69, 9.17) is 0 Å². The lowest BCUT2D eigenvalue weighted by atomic mass is 9.96. The van der Waals surface area contributed by atoms with Gasteiger partial charge in [-0.05, 0) is 52.0 Å². The van der Waals surface area contributed by atoms with Gasteiger partial charge in [-0.15, -0.1) is 0 Å². The van der Waals surface area contributed by atoms with Crippen LogP contribution in [0.4, 0.5) is 0 Å². The number of rotatable bonds is 5. The molecule has 1 aromatic rings. The number of hydrogen-bond donors (Lipinski definition) is 2. The first-order valence-electron chi connectivity index (χ1n) is 7.54. The van der Waals surface area contributed by atoms with E-state index in [9.17, 15) is 5.11 Å². The van der Waals surface area contributed by atoms with Crippen molar-refractivity contribution in [3.05, 3.63) is 17.0 Å². The van der Waals surface area contributed by atoms with Crippen LogP contribution < -0.4 is 5.32 Å². The Labute approximate surface area is 126 Å². The normalized spacial score (nSPS) is 20.1. The Kier molecular flexibility index (Phi) is 5.15. The molecule has 1 fully saturated rings. The predicted molar refractivity (Wildman–Crippen MR) is 85.3 cm³/mol. The Morgan fingerprint density at radius 3 is 2.60 bits per heavy atom. The van der Waals surface area contributed by atoms with Gasteiger partial charge >= 0.3 is 0 Å². The Balaban J connectivity index is 2.01. The van der Waals surface area contributed by atoms with Crippen LogP contribution in [0.1, 0.15) is 49.7 Å². The molecule has 20 heavy (non-hydrogen) atoms. The first-order valence-corrected chi connectivity index (χ1v) is 8.70. The van der Waals surface area contributed by atoms with Crippen molar-refractivity contribution in [3.63, 3.8) is 0 Å². The highest BCUT2D eigenvalue weighted by Gasteiger charge is 2.30. The van der Waals surface area contributed by atoms with Crippen LogP contribution in [-0.2, 0) is 6.54 Å². The lowest BCUT2D eigenvalue weighted by molar-refractivity contribution is 0.0300. The SMILES string of the molecule is CCn1nc(C)c(C(C)NCC2(O)CCSCC2)c1C. The number of thioether (sulfide) groups is 1. The molecule has 2 rings (SSSR count). The number of aliphatic hydroxyl groups is 1. The van der Waals surface area contributed by atoms with E-state index in [1.165, 1.54) is 11.3 Å². The summed E-state index contributed by atoms with van der Waals surface area (Å²) in [5, 5.41) is 18.6. The molecule has 1 aliphatic heterocycles. The number of hydrogen-bond acceptors (Lipinski definition) is 4. The molecule has 4 nitrogen and oxygen atoms in total. The van der Waals surface area contributed by atoms with Gasteiger partial charge in [0.05, 0.1) is 11.3 Å². The van der Waals surface area contributed by atoms with Crippen LogP contribution in [0.3, 0.4) is 0 Å². The molecule has 0 saturated carbocycles. The summed E-state index contributed by atoms with van der Waals surface area (Å²) < 4.78 is 2.05. The monoisotopic (exact) mass is 297 g/mol. The Morgan fingerprint density at radius 2 is 2.05 bits per heavy atom. The maximum Gasteiger partial charge on any atom is 0.0787 e. The number of aryl methyl sites for hydroxylation is 2. The van der Waals surface area contributed by atoms with E-state index < -0.39 is 5.60 Å². The molecule has 1 saturated heterocycles. The van der Waals surface area contributed by atoms with Crippen LogP contribution in [-0.4, -0.2) is 38.5 Å². The predicted octanol–water partition coefficient (Wildman–Crippen LogP) is 2.43. The average molecular weight is 297 g/mol. The minimum absolute atomic E-state index is 0.230. The van der Waals surface area contributed by atoms with E-state index in [0.29, 0.717) is 6.54 Å². The smallest absolute Gasteiger partial charge is 0.0787 e. The minimum Gasteiger partial charge on any atom is -0.389 e. The van der Waals surface area contributed by atoms with Crippen LogP contribution in [0.15, 0.2) is 0 Å². The van der Waals surface area contributed by atoms with E-state index in [-0.39, 0.29) is 6.04 Å². The summed E-state index contributed by atoms with van der Waals surface area (Å²) in [7, 11) is 0. The number of aromatic nitrogens is 2. The number of nitrogens with zero attached hydrogens (tertiary/aromatic N) is 2. The molecule has 1 unspecified atom stereocenters. The third kappa shape index (κ3) is 3.38. The molecule has 5 heteroatoms. The fourth-order valence-corrected chi connectivity index (χ4v) is 4.27. The summed E-state index contributed by atoms with van der Waals surface area (Å²) in [5.74, 6) is 2.14. The van der Waals surface area contributed by atoms with Crippen molar-refractivity contribution in [2.45, 2.75) is 58.7 Å². The molecule has 0 spiro atoms. The van der Waals surface area contributed by atoms with E-state index in [1.807, 2.05) is 11.8 Å². The maximum atomic E-state index is 10.6. The fraction of sp³-hybridized carbons (Fsp3) is 0.800. The molecule has 1 atom stereocenters. The lowest BCUT2D eigenvalue weighted by Crippen LogP contribution is -2.44. The molecule has 114 valence electrons. The van der Waals surface area contributed by atoms with E-state index >= 15 is 0 Å². The highest BCUT2D eigenvalue weighted by Crippen LogP contribution is 2.28. The first-order chi connectivity index (χ1) is 9.47. The van der Waals surface area contributed by atoms with Crippen molar-refractivity contribution in [3.8, 4) is 0 Å². The zero-order valence-corrected chi connectivity index (χ0v) is 13.9. The van der Waals surface area contributed by atoms with Gasteiger partial charge in [-0.2, -0.15) is 16.9 Å². The quantitative estimate of drug-likeness (QED) is 0.876. The summed E-state index contributed by atoms with van der Waals surface area (Å²) in [5.41, 5.74) is 3.08. The highest BCUT2D eigenvalue weighted by molar-refractivity contribution is 7.99. The molecular weight excluding hydrogens is 270 g/mol. The van der Waals surface area contributed by atoms with E-state index in [2.05, 4.69) is 42.8 Å². The zero-order valence-electron chi connectivity index (χ0n) is 13.1. The van der Waals surface area contributed by atoms with Gasteiger partial charge in [0.2, 0.25) is 0 Å². The van der Waals surface area contributed by atoms with Crippen molar-refractivity contribution in [1.29, 1.82) is 0 Å². The average Bonchev–Trinajstić information content (AvgIpc) is 2.72. The van der Waals surface area contributed by atoms with Crippen molar-refractivity contribution in [1.82, 2.24) is 15.1 Å². The molecule has 0 radical (unpaired) electrons. The van der Waals surface area contributed by atoms with Gasteiger partial charge in [-0.25, -0.2) is 0 Å². The summed E-state index contributed by atoms with van der Waals surface area (Å²) in [6.07, 6.45) is 1.78. The molecular formula is C15H27N3OS. The van der Waals surface area contributed by atoms with Crippen LogP contribution >= 0.6 is 11.8 Å². The summed E-state index contributed by atoms with van der Waals surface area (Å²) >= 11 is 1.94. The Hall–Kier alpha value is -0.520. The molecule has 1 aliphatic rings. The van der Waals surface area contributed by atoms with Gasteiger partial charge < -0.3 is 10.4 Å². The second-order valence-corrected chi connectivity index (χ2v) is 7.06. The van der Waals surface area contributed by atoms with Crippen LogP contribution in [0.25, 0.3) is 0 Å². The lowest BCUT2D eigenvalue weighted by Gasteiger charge is -2.33. The third-order valence-electron chi connectivity index (χ3n) is 4.33. The minimum atomic E-state index is -0.526. The highest BCUT2D eigenvalue weighted by atomic mass is 32.2. The number of nitrogens with one attached hydrogen (secondary N) is 1. The van der Waals surface area contributed by atoms with Crippen molar-refractivity contribution < 1.29 is 5.11 Å². The van der Waals surface area contributed by atoms with Crippen molar-refractivity contribution >= 4 is 11.8 Å². The summed E-state index contributed by atoms with van der Waals surface area (Å²) in [4.78, 5) is 0. The van der Waals surface area contributed by atoms with Gasteiger partial charge in [0.25, 0.3) is 0 Å². The van der Waals surface area contributed by atoms with E-state index in [0.717, 1.165) is 36.6 Å². The molecule has 0 aliphatic carbocycles. The maximum absolute atomic E-state index is 10.6. The standard InChI is InChI=1S/C15H27N3OS/c1-5-18-13(4)14(12(3)17-18)11(2)16-10-15(19)6-8-20-9-7-15/h11,16,19H,5-10H2,1-4H3. The van der Waals surface area contributed by atoms with Gasteiger partial charge in [0.1, 0.15) is 0 Å². The topological polar surface area (TPSA) is 50.1 Å². The van der Waals surface area contributed by atoms with Crippen molar-refractivity contribution in [2.75, 3.05) is 18.1 Å². The van der Waals surface area contributed by atoms with Gasteiger partial charge in [-0.3, -0.25) is 4.68 Å². The molecule has 2 heterocycles. The molecule has 1 aromatic heterocycles. The summed E-state index contributed by atoms with van der Waals surface area (Å²) in [6.45, 7) is 10.1. The van der Waals surface area contributed by atoms with Crippen molar-refractivity contribution in [2.24, 2.45) is 0 Å².